The molecule has 0 aliphatic rings. The minimum Gasteiger partial charge on any atom is -0.744 e. The zero-order valence-electron chi connectivity index (χ0n) is 9.88. The van der Waals surface area contributed by atoms with E-state index in [9.17, 15) is 36.0 Å². The lowest BCUT2D eigenvalue weighted by Gasteiger charge is -2.13. The van der Waals surface area contributed by atoms with Crippen LogP contribution in [-0.4, -0.2) is 31.0 Å². The number of phenolic OH excluding ortho intramolecular Hbond substituents is 1. The summed E-state index contributed by atoms with van der Waals surface area (Å²) in [6.07, 6.45) is 0. The van der Waals surface area contributed by atoms with Crippen LogP contribution in [0.5, 0.6) is 5.75 Å². The van der Waals surface area contributed by atoms with Crippen LogP contribution in [0.4, 0.5) is 5.69 Å². The third-order valence-corrected chi connectivity index (χ3v) is 4.35. The second kappa shape index (κ2) is 4.73. The average molecular weight is 331 g/mol. The Balaban J connectivity index is 2.98. The van der Waals surface area contributed by atoms with Crippen molar-refractivity contribution in [2.45, 2.75) is 9.79 Å². The van der Waals surface area contributed by atoms with Gasteiger partial charge in [-0.3, -0.25) is 0 Å². The molecule has 0 saturated heterocycles. The number of aromatic hydroxyl groups is 1. The summed E-state index contributed by atoms with van der Waals surface area (Å²) in [5, 5.41) is 11.7. The predicted molar refractivity (Wildman–Crippen MR) is 67.0 cm³/mol. The molecular weight excluding hydrogens is 326 g/mol. The molecule has 0 radical (unpaired) electrons. The van der Waals surface area contributed by atoms with Crippen LogP contribution in [0.15, 0.2) is 39.2 Å². The summed E-state index contributed by atoms with van der Waals surface area (Å²) < 4.78 is 65.8. The lowest BCUT2D eigenvalue weighted by atomic mass is 10.1. The number of nitroso groups, excluding NO2 is 1. The van der Waals surface area contributed by atoms with E-state index in [0.29, 0.717) is 6.07 Å². The molecule has 0 aliphatic heterocycles. The number of fused-ring (bicyclic) bond motifs is 1. The van der Waals surface area contributed by atoms with Crippen LogP contribution in [0.25, 0.3) is 10.8 Å². The van der Waals surface area contributed by atoms with Crippen molar-refractivity contribution in [3.05, 3.63) is 29.2 Å². The summed E-state index contributed by atoms with van der Waals surface area (Å²) >= 11 is 0. The van der Waals surface area contributed by atoms with Crippen molar-refractivity contribution >= 4 is 36.7 Å². The molecule has 0 unspecified atom stereocenters. The Morgan fingerprint density at radius 2 is 1.62 bits per heavy atom. The molecule has 2 aromatic carbocycles. The van der Waals surface area contributed by atoms with Crippen LogP contribution in [0.3, 0.4) is 0 Å². The van der Waals surface area contributed by atoms with Gasteiger partial charge in [0.25, 0.3) is 0 Å². The van der Waals surface area contributed by atoms with E-state index in [2.05, 4.69) is 5.18 Å². The quantitative estimate of drug-likeness (QED) is 0.635. The summed E-state index contributed by atoms with van der Waals surface area (Å²) in [6, 6.07) is 3.30. The fourth-order valence-corrected chi connectivity index (χ4v) is 2.91. The average Bonchev–Trinajstić information content (AvgIpc) is 2.35. The topological polar surface area (TPSA) is 164 Å². The van der Waals surface area contributed by atoms with Gasteiger partial charge in [0, 0.05) is 5.39 Å². The summed E-state index contributed by atoms with van der Waals surface area (Å²) in [5.41, 5.74) is -0.977. The Morgan fingerprint density at radius 3 is 2.10 bits per heavy atom. The molecule has 9 nitrogen and oxygen atoms in total. The molecule has 0 fully saturated rings. The SMILES string of the molecule is O=Nc1c(S(=O)(=O)[O-])cc2cc(S(=O)(=O)[O-])ccc2c1O. The molecular formula is C10H5NO8S2-2. The largest absolute Gasteiger partial charge is 0.744 e. The van der Waals surface area contributed by atoms with E-state index in [1.807, 2.05) is 0 Å². The van der Waals surface area contributed by atoms with Crippen molar-refractivity contribution in [2.75, 3.05) is 0 Å². The molecule has 0 amide bonds. The summed E-state index contributed by atoms with van der Waals surface area (Å²) in [4.78, 5) is 8.81. The van der Waals surface area contributed by atoms with Crippen molar-refractivity contribution in [2.24, 2.45) is 5.18 Å². The minimum absolute atomic E-state index is 0.135. The molecule has 1 N–H and O–H groups in total. The van der Waals surface area contributed by atoms with Gasteiger partial charge < -0.3 is 14.2 Å². The molecule has 0 spiro atoms. The van der Waals surface area contributed by atoms with Crippen LogP contribution in [0, 0.1) is 4.91 Å². The highest BCUT2D eigenvalue weighted by Gasteiger charge is 2.18. The molecule has 21 heavy (non-hydrogen) atoms. The second-order valence-electron chi connectivity index (χ2n) is 3.95. The molecule has 0 aliphatic carbocycles. The molecule has 11 heteroatoms. The summed E-state index contributed by atoms with van der Waals surface area (Å²) in [7, 11) is -9.95. The summed E-state index contributed by atoms with van der Waals surface area (Å²) in [6.45, 7) is 0. The van der Waals surface area contributed by atoms with E-state index in [1.54, 1.807) is 0 Å². The number of benzene rings is 2. The van der Waals surface area contributed by atoms with Gasteiger partial charge in [-0.15, -0.1) is 4.91 Å². The summed E-state index contributed by atoms with van der Waals surface area (Å²) in [5.74, 6) is -0.897. The van der Waals surface area contributed by atoms with Gasteiger partial charge in [-0.25, -0.2) is 16.8 Å². The highest BCUT2D eigenvalue weighted by Crippen LogP contribution is 2.40. The van der Waals surface area contributed by atoms with Gasteiger partial charge in [-0.2, -0.15) is 0 Å². The number of phenols is 1. The molecule has 0 saturated carbocycles. The fourth-order valence-electron chi connectivity index (χ4n) is 1.76. The van der Waals surface area contributed by atoms with Crippen LogP contribution in [-0.2, 0) is 20.2 Å². The second-order valence-corrected chi connectivity index (χ2v) is 6.68. The number of hydrogen-bond donors (Lipinski definition) is 1. The molecule has 2 aromatic rings. The van der Waals surface area contributed by atoms with Crippen molar-refractivity contribution < 1.29 is 31.0 Å². The van der Waals surface area contributed by atoms with Gasteiger partial charge >= 0.3 is 0 Å². The number of hydrogen-bond acceptors (Lipinski definition) is 9. The molecule has 112 valence electrons. The lowest BCUT2D eigenvalue weighted by Crippen LogP contribution is -2.01. The molecule has 0 bridgehead atoms. The fraction of sp³-hybridized carbons (Fsp3) is 0. The maximum absolute atomic E-state index is 11.0. The highest BCUT2D eigenvalue weighted by molar-refractivity contribution is 7.86. The Labute approximate surface area is 118 Å². The maximum Gasteiger partial charge on any atom is 0.167 e. The van der Waals surface area contributed by atoms with E-state index in [4.69, 9.17) is 0 Å². The van der Waals surface area contributed by atoms with Crippen molar-refractivity contribution in [3.63, 3.8) is 0 Å². The van der Waals surface area contributed by atoms with E-state index < -0.39 is 41.5 Å². The maximum atomic E-state index is 11.0. The standard InChI is InChI=1S/C10H7NO8S2/c12-10-7-2-1-6(20(14,15)16)3-5(7)4-8(9(10)11-13)21(17,18)19/h1-4,12H,(H,14,15,16)(H,17,18,19)/p-2. The third-order valence-electron chi connectivity index (χ3n) is 2.67. The predicted octanol–water partition coefficient (Wildman–Crippen LogP) is 0.752. The first-order chi connectivity index (χ1) is 9.55. The minimum atomic E-state index is -5.14. The van der Waals surface area contributed by atoms with Crippen LogP contribution < -0.4 is 0 Å². The normalized spacial score (nSPS) is 12.5. The Kier molecular flexibility index (Phi) is 3.45. The van der Waals surface area contributed by atoms with Gasteiger partial charge in [0.2, 0.25) is 0 Å². The van der Waals surface area contributed by atoms with Gasteiger partial charge in [0.05, 0.1) is 9.79 Å². The highest BCUT2D eigenvalue weighted by atomic mass is 32.2. The molecule has 2 rings (SSSR count). The van der Waals surface area contributed by atoms with Crippen LogP contribution in [0.1, 0.15) is 0 Å². The van der Waals surface area contributed by atoms with E-state index in [-0.39, 0.29) is 10.8 Å². The van der Waals surface area contributed by atoms with E-state index in [1.165, 1.54) is 0 Å². The van der Waals surface area contributed by atoms with Crippen LogP contribution >= 0.6 is 0 Å². The molecule has 0 heterocycles. The number of rotatable bonds is 3. The van der Waals surface area contributed by atoms with Crippen molar-refractivity contribution in [1.29, 1.82) is 0 Å². The van der Waals surface area contributed by atoms with E-state index >= 15 is 0 Å². The zero-order chi connectivity index (χ0) is 16.0. The lowest BCUT2D eigenvalue weighted by molar-refractivity contribution is 0.459. The van der Waals surface area contributed by atoms with E-state index in [0.717, 1.165) is 18.2 Å². The van der Waals surface area contributed by atoms with Gasteiger partial charge in [0.15, 0.2) is 11.4 Å². The first-order valence-corrected chi connectivity index (χ1v) is 7.92. The van der Waals surface area contributed by atoms with Gasteiger partial charge in [-0.1, -0.05) is 0 Å². The monoisotopic (exact) mass is 331 g/mol. The molecule has 0 atom stereocenters. The van der Waals surface area contributed by atoms with Crippen molar-refractivity contribution in [3.8, 4) is 5.75 Å². The molecule has 0 aromatic heterocycles. The number of nitrogens with zero attached hydrogens (tertiary/aromatic N) is 1. The zero-order valence-corrected chi connectivity index (χ0v) is 11.5. The van der Waals surface area contributed by atoms with Gasteiger partial charge in [-0.05, 0) is 34.8 Å². The first kappa shape index (κ1) is 15.3. The Morgan fingerprint density at radius 1 is 1.00 bits per heavy atom. The Bertz CT molecular complexity index is 962. The van der Waals surface area contributed by atoms with Crippen molar-refractivity contribution in [1.82, 2.24) is 0 Å². The smallest absolute Gasteiger partial charge is 0.167 e. The first-order valence-electron chi connectivity index (χ1n) is 5.10. The van der Waals surface area contributed by atoms with Crippen LogP contribution in [0.2, 0.25) is 0 Å². The third kappa shape index (κ3) is 2.71. The Hall–Kier alpha value is -2.08. The van der Waals surface area contributed by atoms with Gasteiger partial charge in [0.1, 0.15) is 20.2 Å².